The monoisotopic (exact) mass is 194 g/mol. The van der Waals surface area contributed by atoms with E-state index in [4.69, 9.17) is 5.11 Å². The number of hydrogen-bond donors (Lipinski definition) is 1. The second kappa shape index (κ2) is 3.40. The number of alkyl halides is 3. The number of carboxylic acids is 1. The summed E-state index contributed by atoms with van der Waals surface area (Å²) in [5, 5.41) is 8.51. The number of rotatable bonds is 1. The minimum absolute atomic E-state index is 0.0319. The van der Waals surface area contributed by atoms with Crippen LogP contribution in [0, 0.1) is 0 Å². The van der Waals surface area contributed by atoms with E-state index in [1.54, 1.807) is 0 Å². The van der Waals surface area contributed by atoms with Crippen LogP contribution in [0.5, 0.6) is 0 Å². The molecule has 0 spiro atoms. The van der Waals surface area contributed by atoms with Crippen LogP contribution in [0.4, 0.5) is 13.2 Å². The Kier molecular flexibility index (Phi) is 2.63. The zero-order valence-electron chi connectivity index (χ0n) is 6.82. The number of carbonyl (C=O) groups is 1. The van der Waals surface area contributed by atoms with Crippen LogP contribution in [0.2, 0.25) is 0 Å². The van der Waals surface area contributed by atoms with Gasteiger partial charge in [-0.15, -0.1) is 0 Å². The van der Waals surface area contributed by atoms with E-state index in [2.05, 4.69) is 0 Å². The van der Waals surface area contributed by atoms with E-state index < -0.39 is 23.3 Å². The second-order valence-corrected chi connectivity index (χ2v) is 2.97. The molecule has 1 aliphatic rings. The van der Waals surface area contributed by atoms with Crippen molar-refractivity contribution in [3.8, 4) is 0 Å². The van der Waals surface area contributed by atoms with Crippen molar-refractivity contribution in [2.24, 2.45) is 0 Å². The van der Waals surface area contributed by atoms with Gasteiger partial charge in [0.1, 0.15) is 0 Å². The molecule has 0 amide bonds. The molecule has 0 fully saturated rings. The lowest BCUT2D eigenvalue weighted by atomic mass is 9.91. The Balaban J connectivity index is 3.04. The van der Waals surface area contributed by atoms with Crippen LogP contribution in [0.1, 0.15) is 25.7 Å². The maximum absolute atomic E-state index is 12.2. The van der Waals surface area contributed by atoms with E-state index in [0.29, 0.717) is 12.8 Å². The summed E-state index contributed by atoms with van der Waals surface area (Å²) in [6, 6.07) is 0. The van der Waals surface area contributed by atoms with Crippen molar-refractivity contribution in [3.05, 3.63) is 11.1 Å². The third-order valence-electron chi connectivity index (χ3n) is 2.07. The Hall–Kier alpha value is -1.00. The molecule has 0 radical (unpaired) electrons. The first-order valence-corrected chi connectivity index (χ1v) is 3.95. The van der Waals surface area contributed by atoms with Crippen LogP contribution < -0.4 is 0 Å². The van der Waals surface area contributed by atoms with Crippen molar-refractivity contribution in [2.75, 3.05) is 0 Å². The first-order valence-electron chi connectivity index (χ1n) is 3.95. The van der Waals surface area contributed by atoms with E-state index in [9.17, 15) is 18.0 Å². The van der Waals surface area contributed by atoms with Crippen molar-refractivity contribution in [2.45, 2.75) is 31.9 Å². The molecule has 13 heavy (non-hydrogen) atoms. The lowest BCUT2D eigenvalue weighted by Crippen LogP contribution is -2.20. The molecule has 0 unspecified atom stereocenters. The fraction of sp³-hybridized carbons (Fsp3) is 0.625. The van der Waals surface area contributed by atoms with E-state index in [0.717, 1.165) is 0 Å². The predicted octanol–water partition coefficient (Wildman–Crippen LogP) is 2.50. The number of halogens is 3. The van der Waals surface area contributed by atoms with Gasteiger partial charge in [0.15, 0.2) is 0 Å². The summed E-state index contributed by atoms with van der Waals surface area (Å²) in [6.07, 6.45) is -3.66. The van der Waals surface area contributed by atoms with Crippen LogP contribution in [0.25, 0.3) is 0 Å². The molecule has 0 saturated carbocycles. The molecule has 0 aromatic rings. The third kappa shape index (κ3) is 2.23. The Bertz CT molecular complexity index is 253. The summed E-state index contributed by atoms with van der Waals surface area (Å²) in [4.78, 5) is 10.5. The van der Waals surface area contributed by atoms with Crippen LogP contribution in [0.15, 0.2) is 11.1 Å². The molecule has 0 aromatic heterocycles. The normalized spacial score (nSPS) is 19.0. The molecular weight excluding hydrogens is 185 g/mol. The summed E-state index contributed by atoms with van der Waals surface area (Å²) < 4.78 is 36.7. The molecule has 0 aromatic carbocycles. The van der Waals surface area contributed by atoms with Gasteiger partial charge in [-0.05, 0) is 25.7 Å². The average molecular weight is 194 g/mol. The van der Waals surface area contributed by atoms with Crippen molar-refractivity contribution in [3.63, 3.8) is 0 Å². The minimum Gasteiger partial charge on any atom is -0.478 e. The lowest BCUT2D eigenvalue weighted by molar-refractivity contribution is -0.134. The number of allylic oxidation sites excluding steroid dienone is 1. The van der Waals surface area contributed by atoms with Gasteiger partial charge >= 0.3 is 12.1 Å². The van der Waals surface area contributed by atoms with Gasteiger partial charge in [0.05, 0.1) is 0 Å². The Morgan fingerprint density at radius 1 is 1.23 bits per heavy atom. The highest BCUT2D eigenvalue weighted by molar-refractivity contribution is 5.88. The first kappa shape index (κ1) is 10.1. The molecule has 0 heterocycles. The van der Waals surface area contributed by atoms with Gasteiger partial charge in [0, 0.05) is 11.1 Å². The standard InChI is InChI=1S/C8H9F3O2/c9-8(10,11)6-4-2-1-3-5(6)7(12)13/h1-4H2,(H,12,13). The molecule has 0 saturated heterocycles. The van der Waals surface area contributed by atoms with Crippen LogP contribution in [-0.4, -0.2) is 17.3 Å². The lowest BCUT2D eigenvalue weighted by Gasteiger charge is -2.19. The summed E-state index contributed by atoms with van der Waals surface area (Å²) in [6.45, 7) is 0. The van der Waals surface area contributed by atoms with E-state index in [-0.39, 0.29) is 12.8 Å². The number of hydrogen-bond acceptors (Lipinski definition) is 1. The van der Waals surface area contributed by atoms with E-state index in [1.807, 2.05) is 0 Å². The maximum atomic E-state index is 12.2. The molecule has 2 nitrogen and oxygen atoms in total. The highest BCUT2D eigenvalue weighted by atomic mass is 19.4. The number of carboxylic acid groups (broad SMARTS) is 1. The van der Waals surface area contributed by atoms with Gasteiger partial charge < -0.3 is 5.11 Å². The molecule has 1 aliphatic carbocycles. The maximum Gasteiger partial charge on any atom is 0.413 e. The van der Waals surface area contributed by atoms with Gasteiger partial charge in [0.25, 0.3) is 0 Å². The number of aliphatic carboxylic acids is 1. The van der Waals surface area contributed by atoms with Crippen LogP contribution in [0.3, 0.4) is 0 Å². The van der Waals surface area contributed by atoms with Gasteiger partial charge in [-0.3, -0.25) is 0 Å². The minimum atomic E-state index is -4.48. The molecule has 1 N–H and O–H groups in total. The second-order valence-electron chi connectivity index (χ2n) is 2.97. The van der Waals surface area contributed by atoms with Crippen LogP contribution >= 0.6 is 0 Å². The summed E-state index contributed by atoms with van der Waals surface area (Å²) in [7, 11) is 0. The fourth-order valence-corrected chi connectivity index (χ4v) is 1.45. The SMILES string of the molecule is O=C(O)C1=C(C(F)(F)F)CCCC1. The molecule has 1 rings (SSSR count). The third-order valence-corrected chi connectivity index (χ3v) is 2.07. The largest absolute Gasteiger partial charge is 0.478 e. The highest BCUT2D eigenvalue weighted by Crippen LogP contribution is 2.36. The molecule has 0 atom stereocenters. The van der Waals surface area contributed by atoms with Crippen molar-refractivity contribution < 1.29 is 23.1 Å². The zero-order chi connectivity index (χ0) is 10.1. The van der Waals surface area contributed by atoms with Gasteiger partial charge in [0.2, 0.25) is 0 Å². The average Bonchev–Trinajstić information content (AvgIpc) is 2.03. The van der Waals surface area contributed by atoms with Crippen molar-refractivity contribution >= 4 is 5.97 Å². The molecule has 5 heteroatoms. The van der Waals surface area contributed by atoms with E-state index in [1.165, 1.54) is 0 Å². The van der Waals surface area contributed by atoms with E-state index >= 15 is 0 Å². The molecule has 74 valence electrons. The Morgan fingerprint density at radius 2 is 1.77 bits per heavy atom. The molecular formula is C8H9F3O2. The summed E-state index contributed by atoms with van der Waals surface area (Å²) in [5.41, 5.74) is -1.31. The van der Waals surface area contributed by atoms with Crippen molar-refractivity contribution in [1.29, 1.82) is 0 Å². The smallest absolute Gasteiger partial charge is 0.413 e. The highest BCUT2D eigenvalue weighted by Gasteiger charge is 2.38. The molecule has 0 aliphatic heterocycles. The predicted molar refractivity (Wildman–Crippen MR) is 39.2 cm³/mol. The fourth-order valence-electron chi connectivity index (χ4n) is 1.45. The van der Waals surface area contributed by atoms with Gasteiger partial charge in [-0.1, -0.05) is 0 Å². The van der Waals surface area contributed by atoms with Crippen LogP contribution in [-0.2, 0) is 4.79 Å². The summed E-state index contributed by atoms with van der Waals surface area (Å²) in [5.74, 6) is -1.44. The topological polar surface area (TPSA) is 37.3 Å². The molecule has 0 bridgehead atoms. The Labute approximate surface area is 73.1 Å². The quantitative estimate of drug-likeness (QED) is 0.696. The zero-order valence-corrected chi connectivity index (χ0v) is 6.82. The Morgan fingerprint density at radius 3 is 2.15 bits per heavy atom. The van der Waals surface area contributed by atoms with Gasteiger partial charge in [-0.2, -0.15) is 13.2 Å². The van der Waals surface area contributed by atoms with Crippen molar-refractivity contribution in [1.82, 2.24) is 0 Å². The van der Waals surface area contributed by atoms with Gasteiger partial charge in [-0.25, -0.2) is 4.79 Å². The first-order chi connectivity index (χ1) is 5.93. The summed E-state index contributed by atoms with van der Waals surface area (Å²) >= 11 is 0.